The number of hydrogen-bond acceptors (Lipinski definition) is 8. The summed E-state index contributed by atoms with van der Waals surface area (Å²) in [6, 6.07) is 18.5. The van der Waals surface area contributed by atoms with E-state index in [4.69, 9.17) is 42.8 Å². The summed E-state index contributed by atoms with van der Waals surface area (Å²) in [5.41, 5.74) is 3.05. The lowest BCUT2D eigenvalue weighted by Gasteiger charge is -2.39. The van der Waals surface area contributed by atoms with Gasteiger partial charge in [-0.2, -0.15) is 5.26 Å². The summed E-state index contributed by atoms with van der Waals surface area (Å²) in [7, 11) is -3.94. The molecule has 0 saturated carbocycles. The third kappa shape index (κ3) is 5.05. The number of halogens is 2. The predicted molar refractivity (Wildman–Crippen MR) is 158 cm³/mol. The highest BCUT2D eigenvalue weighted by molar-refractivity contribution is 7.89. The topological polar surface area (TPSA) is 135 Å². The number of carbonyl (C=O) groups is 1. The summed E-state index contributed by atoms with van der Waals surface area (Å²) < 4.78 is 34.8. The second-order valence-corrected chi connectivity index (χ2v) is 12.2. The van der Waals surface area contributed by atoms with Crippen molar-refractivity contribution in [2.75, 3.05) is 11.7 Å². The number of nitrogens with zero attached hydrogens (tertiary/aromatic N) is 3. The van der Waals surface area contributed by atoms with Crippen LogP contribution in [0.3, 0.4) is 0 Å². The van der Waals surface area contributed by atoms with Crippen LogP contribution < -0.4 is 19.5 Å². The average molecular weight is 622 g/mol. The van der Waals surface area contributed by atoms with E-state index in [9.17, 15) is 18.5 Å². The monoisotopic (exact) mass is 620 g/mol. The molecule has 0 radical (unpaired) electrons. The normalized spacial score (nSPS) is 18.5. The maximum atomic E-state index is 13.6. The zero-order chi connectivity index (χ0) is 29.6. The van der Waals surface area contributed by atoms with E-state index in [2.05, 4.69) is 6.07 Å². The first-order valence-electron chi connectivity index (χ1n) is 12.9. The minimum Gasteiger partial charge on any atom is -0.454 e. The van der Waals surface area contributed by atoms with E-state index < -0.39 is 15.9 Å². The van der Waals surface area contributed by atoms with Crippen molar-refractivity contribution in [1.29, 1.82) is 5.26 Å². The van der Waals surface area contributed by atoms with Crippen LogP contribution in [-0.4, -0.2) is 27.2 Å². The highest BCUT2D eigenvalue weighted by atomic mass is 35.5. The number of benzene rings is 3. The number of rotatable bonds is 5. The summed E-state index contributed by atoms with van der Waals surface area (Å²) in [6.07, 6.45) is 3.01. The van der Waals surface area contributed by atoms with E-state index in [1.165, 1.54) is 12.1 Å². The maximum Gasteiger partial charge on any atom is 0.238 e. The van der Waals surface area contributed by atoms with Gasteiger partial charge in [-0.1, -0.05) is 29.3 Å². The third-order valence-electron chi connectivity index (χ3n) is 7.28. The number of ketones is 1. The van der Waals surface area contributed by atoms with Crippen LogP contribution in [-0.2, 0) is 14.8 Å². The number of Topliss-reactive ketones (excluding diaryl/α,β-unsaturated/α-hetero) is 1. The van der Waals surface area contributed by atoms with Crippen molar-refractivity contribution < 1.29 is 22.7 Å². The number of primary sulfonamides is 1. The van der Waals surface area contributed by atoms with E-state index in [-0.39, 0.29) is 28.9 Å². The van der Waals surface area contributed by atoms with Crippen molar-refractivity contribution >= 4 is 50.9 Å². The molecule has 2 N–H and O–H groups in total. The lowest BCUT2D eigenvalue weighted by atomic mass is 9.75. The highest BCUT2D eigenvalue weighted by Gasteiger charge is 2.41. The zero-order valence-corrected chi connectivity index (χ0v) is 24.2. The SMILES string of the molecule is N#CC1=C(/N=C/c2ccc3c(c2)OCO3)N(c2ccc(S(N)(=O)=O)cc2)C2=C(C(=O)CCC2)C1c1ccc(Cl)cc1Cl. The first-order valence-corrected chi connectivity index (χ1v) is 15.2. The number of hydrogen-bond donors (Lipinski definition) is 1. The number of nitriles is 1. The second kappa shape index (κ2) is 10.9. The lowest BCUT2D eigenvalue weighted by molar-refractivity contribution is -0.116. The molecule has 0 saturated heterocycles. The van der Waals surface area contributed by atoms with Gasteiger partial charge < -0.3 is 9.47 Å². The number of ether oxygens (including phenoxy) is 2. The fraction of sp³-hybridized carbons (Fsp3) is 0.167. The fourth-order valence-electron chi connectivity index (χ4n) is 5.41. The largest absolute Gasteiger partial charge is 0.454 e. The molecule has 0 spiro atoms. The van der Waals surface area contributed by atoms with Crippen LogP contribution in [0.4, 0.5) is 5.69 Å². The first kappa shape index (κ1) is 28.0. The van der Waals surface area contributed by atoms with Gasteiger partial charge in [-0.25, -0.2) is 18.5 Å². The molecule has 6 rings (SSSR count). The molecule has 1 aliphatic carbocycles. The van der Waals surface area contributed by atoms with Crippen LogP contribution in [0.1, 0.15) is 36.3 Å². The van der Waals surface area contributed by atoms with Gasteiger partial charge in [-0.3, -0.25) is 9.69 Å². The molecule has 12 heteroatoms. The van der Waals surface area contributed by atoms with Crippen molar-refractivity contribution in [2.24, 2.45) is 10.1 Å². The molecule has 0 bridgehead atoms. The molecule has 3 aliphatic rings. The van der Waals surface area contributed by atoms with Crippen molar-refractivity contribution in [3.05, 3.63) is 105 Å². The average Bonchev–Trinajstić information content (AvgIpc) is 3.43. The van der Waals surface area contributed by atoms with Crippen molar-refractivity contribution in [3.8, 4) is 17.6 Å². The van der Waals surface area contributed by atoms with Gasteiger partial charge in [-0.05, 0) is 78.6 Å². The standard InChI is InChI=1S/C30H22Cl2N4O5S/c31-18-5-10-21(23(32)13-18)28-22(14-33)30(35-15-17-4-11-26-27(12-17)41-16-40-26)36(24-2-1-3-25(37)29(24)28)19-6-8-20(9-7-19)42(34,38)39/h4-13,15,28H,1-3,16H2,(H2,34,38,39)/b35-15+. The van der Waals surface area contributed by atoms with Gasteiger partial charge in [0.05, 0.1) is 22.5 Å². The smallest absolute Gasteiger partial charge is 0.238 e. The van der Waals surface area contributed by atoms with Crippen molar-refractivity contribution in [2.45, 2.75) is 30.1 Å². The molecule has 1 unspecified atom stereocenters. The van der Waals surface area contributed by atoms with E-state index in [1.54, 1.807) is 59.6 Å². The Hall–Kier alpha value is -4.14. The highest BCUT2D eigenvalue weighted by Crippen LogP contribution is 2.49. The van der Waals surface area contributed by atoms with Gasteiger partial charge >= 0.3 is 0 Å². The van der Waals surface area contributed by atoms with Crippen LogP contribution in [0.5, 0.6) is 11.5 Å². The molecule has 1 atom stereocenters. The zero-order valence-electron chi connectivity index (χ0n) is 21.9. The number of allylic oxidation sites excluding steroid dienone is 3. The number of fused-ring (bicyclic) bond motifs is 1. The molecule has 0 aromatic heterocycles. The van der Waals surface area contributed by atoms with Crippen LogP contribution >= 0.6 is 23.2 Å². The third-order valence-corrected chi connectivity index (χ3v) is 8.77. The van der Waals surface area contributed by atoms with Crippen molar-refractivity contribution in [3.63, 3.8) is 0 Å². The van der Waals surface area contributed by atoms with Gasteiger partial charge in [0.15, 0.2) is 23.1 Å². The van der Waals surface area contributed by atoms with Crippen molar-refractivity contribution in [1.82, 2.24) is 0 Å². The van der Waals surface area contributed by atoms with Gasteiger partial charge in [0.25, 0.3) is 0 Å². The van der Waals surface area contributed by atoms with E-state index in [0.717, 1.165) is 0 Å². The molecule has 9 nitrogen and oxygen atoms in total. The molecule has 212 valence electrons. The maximum absolute atomic E-state index is 13.6. The van der Waals surface area contributed by atoms with Crippen LogP contribution in [0.15, 0.2) is 93.2 Å². The fourth-order valence-corrected chi connectivity index (χ4v) is 6.44. The quantitative estimate of drug-likeness (QED) is 0.354. The number of sulfonamides is 1. The van der Waals surface area contributed by atoms with Gasteiger partial charge in [0.1, 0.15) is 0 Å². The number of nitrogens with two attached hydrogens (primary N) is 1. The van der Waals surface area contributed by atoms with E-state index >= 15 is 0 Å². The Balaban J connectivity index is 1.58. The Morgan fingerprint density at radius 1 is 1.02 bits per heavy atom. The van der Waals surface area contributed by atoms with Crippen LogP contribution in [0.25, 0.3) is 0 Å². The summed E-state index contributed by atoms with van der Waals surface area (Å²) in [5, 5.41) is 16.7. The molecular weight excluding hydrogens is 599 g/mol. The minimum absolute atomic E-state index is 0.0714. The molecule has 2 aliphatic heterocycles. The molecular formula is C30H22Cl2N4O5S. The summed E-state index contributed by atoms with van der Waals surface area (Å²) in [5.74, 6) is 0.562. The van der Waals surface area contributed by atoms with E-state index in [0.29, 0.717) is 68.9 Å². The summed E-state index contributed by atoms with van der Waals surface area (Å²) in [6.45, 7) is 0.121. The number of anilines is 1. The summed E-state index contributed by atoms with van der Waals surface area (Å²) >= 11 is 12.8. The molecule has 3 aromatic rings. The van der Waals surface area contributed by atoms with E-state index in [1.807, 2.05) is 0 Å². The molecule has 0 amide bonds. The molecule has 0 fully saturated rings. The molecule has 2 heterocycles. The summed E-state index contributed by atoms with van der Waals surface area (Å²) in [4.78, 5) is 20.0. The second-order valence-electron chi connectivity index (χ2n) is 9.83. The molecule has 3 aromatic carbocycles. The van der Waals surface area contributed by atoms with Gasteiger partial charge in [0.2, 0.25) is 16.8 Å². The Morgan fingerprint density at radius 2 is 1.79 bits per heavy atom. The Labute approximate surface area is 252 Å². The Bertz CT molecular complexity index is 1880. The van der Waals surface area contributed by atoms with Crippen LogP contribution in [0, 0.1) is 11.3 Å². The van der Waals surface area contributed by atoms with Crippen LogP contribution in [0.2, 0.25) is 10.0 Å². The Kier molecular flexibility index (Phi) is 7.29. The number of carbonyl (C=O) groups excluding carboxylic acids is 1. The van der Waals surface area contributed by atoms with Gasteiger partial charge in [-0.15, -0.1) is 0 Å². The minimum atomic E-state index is -3.94. The first-order chi connectivity index (χ1) is 20.2. The predicted octanol–water partition coefficient (Wildman–Crippen LogP) is 5.83. The van der Waals surface area contributed by atoms with Gasteiger partial charge in [0, 0.05) is 39.6 Å². The molecule has 42 heavy (non-hydrogen) atoms. The number of aliphatic imine (C=N–C) groups is 1. The lowest BCUT2D eigenvalue weighted by Crippen LogP contribution is -2.35. The Morgan fingerprint density at radius 3 is 2.50 bits per heavy atom.